The number of carbonyl (C=O) groups is 2. The molecule has 3 N–H and O–H groups in total. The van der Waals surface area contributed by atoms with Crippen molar-refractivity contribution in [1.82, 2.24) is 10.6 Å². The molecular weight excluding hydrogens is 306 g/mol. The summed E-state index contributed by atoms with van der Waals surface area (Å²) in [6, 6.07) is 16.2. The summed E-state index contributed by atoms with van der Waals surface area (Å²) in [7, 11) is 0. The second kappa shape index (κ2) is 9.19. The van der Waals surface area contributed by atoms with Gasteiger partial charge in [0.25, 0.3) is 0 Å². The summed E-state index contributed by atoms with van der Waals surface area (Å²) in [6.45, 7) is 2.89. The van der Waals surface area contributed by atoms with Gasteiger partial charge in [0.2, 0.25) is 5.91 Å². The van der Waals surface area contributed by atoms with Crippen molar-refractivity contribution in [3.63, 3.8) is 0 Å². The monoisotopic (exact) mass is 327 g/mol. The van der Waals surface area contributed by atoms with Crippen LogP contribution in [0.3, 0.4) is 0 Å². The first-order chi connectivity index (χ1) is 11.7. The van der Waals surface area contributed by atoms with E-state index < -0.39 is 11.9 Å². The van der Waals surface area contributed by atoms with Crippen molar-refractivity contribution in [1.29, 1.82) is 0 Å². The molecule has 0 atom stereocenters. The molecule has 0 unspecified atom stereocenters. The fraction of sp³-hybridized carbons (Fsp3) is 0.222. The van der Waals surface area contributed by atoms with Crippen molar-refractivity contribution < 1.29 is 14.3 Å². The highest BCUT2D eigenvalue weighted by atomic mass is 16.5. The first-order valence-corrected chi connectivity index (χ1v) is 7.75. The maximum absolute atomic E-state index is 11.7. The number of ether oxygens (including phenoxy) is 1. The lowest BCUT2D eigenvalue weighted by Gasteiger charge is -2.09. The Labute approximate surface area is 141 Å². The van der Waals surface area contributed by atoms with Crippen molar-refractivity contribution in [2.24, 2.45) is 0 Å². The molecule has 2 aromatic rings. The number of carbonyl (C=O) groups excluding carboxylic acids is 2. The van der Waals surface area contributed by atoms with E-state index in [4.69, 9.17) is 4.74 Å². The number of benzene rings is 2. The van der Waals surface area contributed by atoms with Gasteiger partial charge in [0.05, 0.1) is 13.2 Å². The molecule has 0 aromatic heterocycles. The summed E-state index contributed by atoms with van der Waals surface area (Å²) >= 11 is 0. The van der Waals surface area contributed by atoms with Crippen LogP contribution in [0.5, 0.6) is 5.75 Å². The number of rotatable bonds is 7. The Bertz CT molecular complexity index is 657. The van der Waals surface area contributed by atoms with Crippen LogP contribution in [0.25, 0.3) is 0 Å². The van der Waals surface area contributed by atoms with Gasteiger partial charge >= 0.3 is 6.03 Å². The number of hydrogen-bond acceptors (Lipinski definition) is 4. The molecule has 0 radical (unpaired) electrons. The summed E-state index contributed by atoms with van der Waals surface area (Å²) in [5.74, 6) is 0.363. The molecule has 0 aliphatic heterocycles. The first-order valence-electron chi connectivity index (χ1n) is 7.75. The van der Waals surface area contributed by atoms with Crippen molar-refractivity contribution in [2.45, 2.75) is 13.5 Å². The Morgan fingerprint density at radius 3 is 2.38 bits per heavy atom. The molecule has 0 heterocycles. The summed E-state index contributed by atoms with van der Waals surface area (Å²) in [5.41, 5.74) is 1.74. The Kier molecular flexibility index (Phi) is 6.64. The predicted molar refractivity (Wildman–Crippen MR) is 92.9 cm³/mol. The summed E-state index contributed by atoms with van der Waals surface area (Å²) in [5, 5.41) is 7.86. The van der Waals surface area contributed by atoms with Crippen molar-refractivity contribution in [3.05, 3.63) is 60.2 Å². The molecule has 0 saturated carbocycles. The van der Waals surface area contributed by atoms with Crippen LogP contribution < -0.4 is 20.7 Å². The quantitative estimate of drug-likeness (QED) is 0.730. The molecule has 0 saturated heterocycles. The van der Waals surface area contributed by atoms with Gasteiger partial charge in [-0.1, -0.05) is 30.3 Å². The molecule has 0 fully saturated rings. The summed E-state index contributed by atoms with van der Waals surface area (Å²) in [6.07, 6.45) is 0. The van der Waals surface area contributed by atoms with E-state index in [1.165, 1.54) is 0 Å². The third kappa shape index (κ3) is 6.00. The van der Waals surface area contributed by atoms with Crippen LogP contribution in [0.2, 0.25) is 0 Å². The van der Waals surface area contributed by atoms with E-state index >= 15 is 0 Å². The third-order valence-electron chi connectivity index (χ3n) is 3.17. The van der Waals surface area contributed by atoms with Gasteiger partial charge < -0.3 is 15.4 Å². The molecule has 0 aliphatic carbocycles. The van der Waals surface area contributed by atoms with Gasteiger partial charge in [0.1, 0.15) is 5.75 Å². The first kappa shape index (κ1) is 17.3. The highest BCUT2D eigenvalue weighted by Crippen LogP contribution is 2.15. The number of amides is 3. The third-order valence-corrected chi connectivity index (χ3v) is 3.17. The highest BCUT2D eigenvalue weighted by Gasteiger charge is 2.07. The van der Waals surface area contributed by atoms with Gasteiger partial charge in [-0.15, -0.1) is 0 Å². The van der Waals surface area contributed by atoms with Gasteiger partial charge in [-0.25, -0.2) is 4.79 Å². The summed E-state index contributed by atoms with van der Waals surface area (Å²) < 4.78 is 5.34. The van der Waals surface area contributed by atoms with E-state index in [1.54, 1.807) is 0 Å². The van der Waals surface area contributed by atoms with Crippen molar-refractivity contribution in [2.75, 3.05) is 18.5 Å². The van der Waals surface area contributed by atoms with Crippen LogP contribution in [0.4, 0.5) is 10.5 Å². The Balaban J connectivity index is 1.69. The van der Waals surface area contributed by atoms with Crippen LogP contribution in [-0.2, 0) is 11.3 Å². The average molecular weight is 327 g/mol. The topological polar surface area (TPSA) is 79.5 Å². The van der Waals surface area contributed by atoms with Crippen LogP contribution >= 0.6 is 0 Å². The second-order valence-corrected chi connectivity index (χ2v) is 5.03. The molecule has 0 bridgehead atoms. The van der Waals surface area contributed by atoms with Gasteiger partial charge in [0.15, 0.2) is 0 Å². The fourth-order valence-electron chi connectivity index (χ4n) is 2.01. The lowest BCUT2D eigenvalue weighted by Crippen LogP contribution is -2.41. The minimum Gasteiger partial charge on any atom is -0.494 e. The predicted octanol–water partition coefficient (Wildman–Crippen LogP) is 2.52. The van der Waals surface area contributed by atoms with E-state index in [9.17, 15) is 9.59 Å². The van der Waals surface area contributed by atoms with Crippen LogP contribution in [-0.4, -0.2) is 25.1 Å². The van der Waals surface area contributed by atoms with E-state index in [2.05, 4.69) is 16.0 Å². The molecule has 6 heteroatoms. The van der Waals surface area contributed by atoms with Crippen molar-refractivity contribution >= 4 is 17.6 Å². The molecule has 2 aromatic carbocycles. The average Bonchev–Trinajstić information content (AvgIpc) is 2.60. The fourth-order valence-corrected chi connectivity index (χ4v) is 2.01. The van der Waals surface area contributed by atoms with E-state index in [0.717, 1.165) is 17.0 Å². The van der Waals surface area contributed by atoms with Gasteiger partial charge in [-0.3, -0.25) is 10.1 Å². The number of nitrogens with one attached hydrogen (secondary N) is 3. The van der Waals surface area contributed by atoms with Gasteiger partial charge in [-0.2, -0.15) is 0 Å². The lowest BCUT2D eigenvalue weighted by molar-refractivity contribution is -0.118. The summed E-state index contributed by atoms with van der Waals surface area (Å²) in [4.78, 5) is 23.4. The standard InChI is InChI=1S/C18H21N3O3/c1-2-24-16-10-8-15(9-11-16)19-13-17(22)21-18(23)20-12-14-6-4-3-5-7-14/h3-11,19H,2,12-13H2,1H3,(H2,20,21,22,23). The molecule has 2 rings (SSSR count). The molecule has 3 amide bonds. The van der Waals surface area contributed by atoms with Crippen molar-refractivity contribution in [3.8, 4) is 5.75 Å². The van der Waals surface area contributed by atoms with E-state index in [0.29, 0.717) is 13.2 Å². The Morgan fingerprint density at radius 2 is 1.71 bits per heavy atom. The minimum absolute atomic E-state index is 0.00669. The second-order valence-electron chi connectivity index (χ2n) is 5.03. The number of imide groups is 1. The van der Waals surface area contributed by atoms with Crippen LogP contribution in [0.1, 0.15) is 12.5 Å². The number of anilines is 1. The van der Waals surface area contributed by atoms with Gasteiger partial charge in [-0.05, 0) is 36.8 Å². The van der Waals surface area contributed by atoms with E-state index in [1.807, 2.05) is 61.5 Å². The molecule has 6 nitrogen and oxygen atoms in total. The smallest absolute Gasteiger partial charge is 0.321 e. The number of hydrogen-bond donors (Lipinski definition) is 3. The molecule has 24 heavy (non-hydrogen) atoms. The van der Waals surface area contributed by atoms with Crippen LogP contribution in [0, 0.1) is 0 Å². The Morgan fingerprint density at radius 1 is 1.00 bits per heavy atom. The highest BCUT2D eigenvalue weighted by molar-refractivity contribution is 5.96. The zero-order chi connectivity index (χ0) is 17.2. The van der Waals surface area contributed by atoms with E-state index in [-0.39, 0.29) is 6.54 Å². The number of urea groups is 1. The zero-order valence-electron chi connectivity index (χ0n) is 13.5. The normalized spacial score (nSPS) is 9.88. The maximum Gasteiger partial charge on any atom is 0.321 e. The molecular formula is C18H21N3O3. The largest absolute Gasteiger partial charge is 0.494 e. The minimum atomic E-state index is -0.516. The van der Waals surface area contributed by atoms with Crippen LogP contribution in [0.15, 0.2) is 54.6 Å². The lowest BCUT2D eigenvalue weighted by atomic mass is 10.2. The Hall–Kier alpha value is -3.02. The maximum atomic E-state index is 11.7. The molecule has 126 valence electrons. The molecule has 0 aliphatic rings. The van der Waals surface area contributed by atoms with Gasteiger partial charge in [0, 0.05) is 12.2 Å². The SMILES string of the molecule is CCOc1ccc(NCC(=O)NC(=O)NCc2ccccc2)cc1. The zero-order valence-corrected chi connectivity index (χ0v) is 13.5. The molecule has 0 spiro atoms.